The first kappa shape index (κ1) is 11.9. The summed E-state index contributed by atoms with van der Waals surface area (Å²) in [5, 5.41) is 0. The van der Waals surface area contributed by atoms with Crippen LogP contribution < -0.4 is 0 Å². The van der Waals surface area contributed by atoms with Gasteiger partial charge in [0, 0.05) is 25.0 Å². The number of allylic oxidation sites excluding steroid dienone is 1. The van der Waals surface area contributed by atoms with Crippen molar-refractivity contribution in [1.29, 1.82) is 0 Å². The van der Waals surface area contributed by atoms with Crippen LogP contribution in [0, 0.1) is 0 Å². The predicted molar refractivity (Wildman–Crippen MR) is 63.7 cm³/mol. The molecule has 0 N–H and O–H groups in total. The van der Waals surface area contributed by atoms with Crippen molar-refractivity contribution < 1.29 is 9.59 Å². The summed E-state index contributed by atoms with van der Waals surface area (Å²) < 4.78 is 0. The summed E-state index contributed by atoms with van der Waals surface area (Å²) in [5.74, 6) is -0.456. The van der Waals surface area contributed by atoms with E-state index in [0.717, 1.165) is 4.81 Å². The Hall–Kier alpha value is -1.56. The minimum atomic E-state index is -0.299. The molecule has 0 aromatic heterocycles. The molecule has 2 radical (unpaired) electrons. The van der Waals surface area contributed by atoms with Crippen molar-refractivity contribution in [2.75, 3.05) is 27.7 Å². The highest BCUT2D eigenvalue weighted by Crippen LogP contribution is 2.37. The molecule has 0 spiro atoms. The fourth-order valence-electron chi connectivity index (χ4n) is 2.12. The lowest BCUT2D eigenvalue weighted by Crippen LogP contribution is -2.31. The Morgan fingerprint density at radius 1 is 1.18 bits per heavy atom. The zero-order valence-corrected chi connectivity index (χ0v) is 10.4. The van der Waals surface area contributed by atoms with Gasteiger partial charge in [-0.15, -0.1) is 0 Å². The number of hydrogen-bond donors (Lipinski definition) is 0. The number of carbonyl (C=O) groups excluding carboxylic acids is 2. The minimum absolute atomic E-state index is 0.157. The molecule has 2 aliphatic heterocycles. The molecule has 0 saturated heterocycles. The van der Waals surface area contributed by atoms with Crippen LogP contribution in [0.25, 0.3) is 0 Å². The van der Waals surface area contributed by atoms with Gasteiger partial charge >= 0.3 is 0 Å². The molecule has 2 rings (SSSR count). The van der Waals surface area contributed by atoms with Crippen LogP contribution in [-0.2, 0) is 9.59 Å². The number of likely N-dealkylation sites (N-methyl/N-ethyl adjacent to an activating group) is 2. The Labute approximate surface area is 102 Å². The van der Waals surface area contributed by atoms with E-state index < -0.39 is 0 Å². The first-order valence-electron chi connectivity index (χ1n) is 5.32. The van der Waals surface area contributed by atoms with Crippen LogP contribution >= 0.6 is 0 Å². The zero-order valence-electron chi connectivity index (χ0n) is 10.4. The SMILES string of the molecule is [B]N1C(=O)C2=C(C)N(C)C(=O)C2=C1CN(C)C. The van der Waals surface area contributed by atoms with Crippen LogP contribution in [-0.4, -0.2) is 62.1 Å². The summed E-state index contributed by atoms with van der Waals surface area (Å²) in [5.41, 5.74) is 2.13. The fourth-order valence-corrected chi connectivity index (χ4v) is 2.12. The van der Waals surface area contributed by atoms with Crippen molar-refractivity contribution in [2.24, 2.45) is 0 Å². The Bertz CT molecular complexity index is 479. The van der Waals surface area contributed by atoms with E-state index >= 15 is 0 Å². The highest BCUT2D eigenvalue weighted by atomic mass is 16.2. The monoisotopic (exact) mass is 231 g/mol. The Morgan fingerprint density at radius 3 is 2.29 bits per heavy atom. The summed E-state index contributed by atoms with van der Waals surface area (Å²) >= 11 is 0. The standard InChI is InChI=1S/C11H14BN3O2/c1-6-8-9(10(16)14(6)4)7(5-13(2)3)15(12)11(8)17/h5H2,1-4H3. The molecule has 2 amide bonds. The Morgan fingerprint density at radius 2 is 1.76 bits per heavy atom. The highest BCUT2D eigenvalue weighted by Gasteiger charge is 2.43. The van der Waals surface area contributed by atoms with Gasteiger partial charge in [-0.25, -0.2) is 0 Å². The molecule has 2 heterocycles. The summed E-state index contributed by atoms with van der Waals surface area (Å²) in [6.45, 7) is 2.22. The number of hydrogen-bond acceptors (Lipinski definition) is 3. The second-order valence-electron chi connectivity index (χ2n) is 4.56. The van der Waals surface area contributed by atoms with Gasteiger partial charge in [0.15, 0.2) is 0 Å². The molecule has 88 valence electrons. The van der Waals surface area contributed by atoms with E-state index in [2.05, 4.69) is 0 Å². The Balaban J connectivity index is 2.56. The van der Waals surface area contributed by atoms with Gasteiger partial charge < -0.3 is 14.6 Å². The van der Waals surface area contributed by atoms with Gasteiger partial charge in [-0.3, -0.25) is 9.59 Å². The lowest BCUT2D eigenvalue weighted by molar-refractivity contribution is -0.123. The zero-order chi connectivity index (χ0) is 12.9. The lowest BCUT2D eigenvalue weighted by atomic mass is 10.1. The van der Waals surface area contributed by atoms with Crippen LogP contribution in [0.3, 0.4) is 0 Å². The number of carbonyl (C=O) groups is 2. The number of amides is 2. The van der Waals surface area contributed by atoms with Crippen molar-refractivity contribution in [3.8, 4) is 0 Å². The minimum Gasteiger partial charge on any atom is -0.367 e. The highest BCUT2D eigenvalue weighted by molar-refractivity contribution is 6.28. The molecular weight excluding hydrogens is 217 g/mol. The van der Waals surface area contributed by atoms with Crippen molar-refractivity contribution >= 4 is 19.8 Å². The van der Waals surface area contributed by atoms with E-state index in [1.807, 2.05) is 19.0 Å². The summed E-state index contributed by atoms with van der Waals surface area (Å²) in [6, 6.07) is 0. The molecule has 6 heteroatoms. The van der Waals surface area contributed by atoms with E-state index in [0.29, 0.717) is 29.1 Å². The molecular formula is C11H14BN3O2. The van der Waals surface area contributed by atoms with E-state index in [1.165, 1.54) is 4.90 Å². The van der Waals surface area contributed by atoms with Gasteiger partial charge in [0.25, 0.3) is 5.91 Å². The molecule has 17 heavy (non-hydrogen) atoms. The number of fused-ring (bicyclic) bond motifs is 1. The molecule has 5 nitrogen and oxygen atoms in total. The van der Waals surface area contributed by atoms with Gasteiger partial charge in [-0.2, -0.15) is 0 Å². The molecule has 0 aliphatic carbocycles. The van der Waals surface area contributed by atoms with Crippen LogP contribution in [0.15, 0.2) is 22.5 Å². The van der Waals surface area contributed by atoms with Gasteiger partial charge in [-0.05, 0) is 21.0 Å². The summed E-state index contributed by atoms with van der Waals surface area (Å²) in [4.78, 5) is 28.5. The lowest BCUT2D eigenvalue weighted by Gasteiger charge is -2.21. The van der Waals surface area contributed by atoms with Crippen molar-refractivity contribution in [2.45, 2.75) is 6.92 Å². The molecule has 0 atom stereocenters. The molecule has 0 saturated carbocycles. The smallest absolute Gasteiger partial charge is 0.260 e. The van der Waals surface area contributed by atoms with Crippen LogP contribution in [0.1, 0.15) is 6.92 Å². The van der Waals surface area contributed by atoms with E-state index in [9.17, 15) is 9.59 Å². The van der Waals surface area contributed by atoms with Gasteiger partial charge in [0.2, 0.25) is 13.9 Å². The average molecular weight is 231 g/mol. The molecule has 0 unspecified atom stereocenters. The second kappa shape index (κ2) is 3.73. The Kier molecular flexibility index (Phi) is 2.62. The topological polar surface area (TPSA) is 43.9 Å². The molecule has 0 fully saturated rings. The fraction of sp³-hybridized carbons (Fsp3) is 0.455. The van der Waals surface area contributed by atoms with Crippen molar-refractivity contribution in [1.82, 2.24) is 14.6 Å². The normalized spacial score (nSPS) is 20.3. The first-order chi connectivity index (χ1) is 7.86. The molecule has 2 aliphatic rings. The quantitative estimate of drug-likeness (QED) is 0.600. The van der Waals surface area contributed by atoms with E-state index in [-0.39, 0.29) is 11.8 Å². The van der Waals surface area contributed by atoms with Crippen molar-refractivity contribution in [3.05, 3.63) is 22.5 Å². The third-order valence-corrected chi connectivity index (χ3v) is 3.11. The molecule has 0 aromatic rings. The second-order valence-corrected chi connectivity index (χ2v) is 4.56. The van der Waals surface area contributed by atoms with E-state index in [4.69, 9.17) is 7.98 Å². The van der Waals surface area contributed by atoms with Crippen molar-refractivity contribution in [3.63, 3.8) is 0 Å². The predicted octanol–water partition coefficient (Wildman–Crippen LogP) is -0.526. The van der Waals surface area contributed by atoms with Gasteiger partial charge in [0.05, 0.1) is 11.1 Å². The van der Waals surface area contributed by atoms with Crippen LogP contribution in [0.5, 0.6) is 0 Å². The van der Waals surface area contributed by atoms with Gasteiger partial charge in [-0.1, -0.05) is 0 Å². The maximum Gasteiger partial charge on any atom is 0.260 e. The maximum absolute atomic E-state index is 12.1. The summed E-state index contributed by atoms with van der Waals surface area (Å²) in [7, 11) is 11.1. The average Bonchev–Trinajstić information content (AvgIpc) is 2.62. The maximum atomic E-state index is 12.1. The number of rotatable bonds is 2. The van der Waals surface area contributed by atoms with Crippen LogP contribution in [0.2, 0.25) is 0 Å². The number of nitrogens with zero attached hydrogens (tertiary/aromatic N) is 3. The third kappa shape index (κ3) is 1.51. The van der Waals surface area contributed by atoms with Gasteiger partial charge in [0.1, 0.15) is 0 Å². The molecule has 0 bridgehead atoms. The summed E-state index contributed by atoms with van der Waals surface area (Å²) in [6.07, 6.45) is 0. The first-order valence-corrected chi connectivity index (χ1v) is 5.32. The molecule has 0 aromatic carbocycles. The largest absolute Gasteiger partial charge is 0.367 e. The van der Waals surface area contributed by atoms with Crippen LogP contribution in [0.4, 0.5) is 0 Å². The van der Waals surface area contributed by atoms with E-state index in [1.54, 1.807) is 14.0 Å². The third-order valence-electron chi connectivity index (χ3n) is 3.11.